The molecule has 0 spiro atoms. The molecule has 2 aromatic rings. The SMILES string of the molecule is CC(C)c1cc(F)cc(C(C)C)c1NC(=O)[N-]S(=O)(=O)c1cc(C(=O)N2CCC2)n(C)n1.[Na+]. The number of benzene rings is 1. The van der Waals surface area contributed by atoms with Gasteiger partial charge >= 0.3 is 29.6 Å². The minimum absolute atomic E-state index is 0. The second-order valence-corrected chi connectivity index (χ2v) is 9.95. The Morgan fingerprint density at radius 3 is 2.09 bits per heavy atom. The van der Waals surface area contributed by atoms with E-state index in [1.165, 1.54) is 19.2 Å². The molecular formula is C21H27FN5NaO4S. The topological polar surface area (TPSA) is 115 Å². The Bertz CT molecular complexity index is 1130. The third kappa shape index (κ3) is 5.95. The van der Waals surface area contributed by atoms with E-state index in [0.29, 0.717) is 29.9 Å². The molecule has 12 heteroatoms. The van der Waals surface area contributed by atoms with Gasteiger partial charge in [-0.3, -0.25) is 14.3 Å². The van der Waals surface area contributed by atoms with Crippen molar-refractivity contribution in [2.75, 3.05) is 18.4 Å². The summed E-state index contributed by atoms with van der Waals surface area (Å²) < 4.78 is 43.9. The van der Waals surface area contributed by atoms with Gasteiger partial charge in [0.05, 0.1) is 0 Å². The predicted molar refractivity (Wildman–Crippen MR) is 118 cm³/mol. The van der Waals surface area contributed by atoms with E-state index < -0.39 is 26.9 Å². The van der Waals surface area contributed by atoms with Gasteiger partial charge in [0.25, 0.3) is 5.91 Å². The van der Waals surface area contributed by atoms with Gasteiger partial charge in [-0.05, 0) is 47.2 Å². The van der Waals surface area contributed by atoms with Gasteiger partial charge in [-0.2, -0.15) is 5.10 Å². The van der Waals surface area contributed by atoms with E-state index in [-0.39, 0.29) is 53.0 Å². The van der Waals surface area contributed by atoms with Crippen LogP contribution in [0.25, 0.3) is 4.72 Å². The van der Waals surface area contributed by atoms with E-state index in [1.807, 2.05) is 27.7 Å². The molecular weight excluding hydrogens is 460 g/mol. The predicted octanol–water partition coefficient (Wildman–Crippen LogP) is 0.950. The Labute approximate surface area is 215 Å². The summed E-state index contributed by atoms with van der Waals surface area (Å²) in [5, 5.41) is 5.89. The van der Waals surface area contributed by atoms with Crippen molar-refractivity contribution in [3.8, 4) is 0 Å². The maximum Gasteiger partial charge on any atom is 1.00 e. The third-order valence-electron chi connectivity index (χ3n) is 5.33. The summed E-state index contributed by atoms with van der Waals surface area (Å²) in [7, 11) is -3.01. The van der Waals surface area contributed by atoms with Gasteiger partial charge in [0, 0.05) is 26.2 Å². The van der Waals surface area contributed by atoms with Crippen molar-refractivity contribution in [2.45, 2.75) is 51.0 Å². The summed E-state index contributed by atoms with van der Waals surface area (Å²) in [5.41, 5.74) is 1.52. The average Bonchev–Trinajstić information content (AvgIpc) is 3.03. The summed E-state index contributed by atoms with van der Waals surface area (Å²) >= 11 is 0. The number of amides is 3. The third-order valence-corrected chi connectivity index (χ3v) is 6.46. The molecule has 1 fully saturated rings. The molecule has 1 saturated heterocycles. The van der Waals surface area contributed by atoms with Crippen LogP contribution in [0.15, 0.2) is 23.2 Å². The van der Waals surface area contributed by atoms with Crippen LogP contribution in [0.5, 0.6) is 0 Å². The van der Waals surface area contributed by atoms with E-state index in [0.717, 1.165) is 17.2 Å². The second kappa shape index (κ2) is 10.5. The molecule has 1 aliphatic heterocycles. The molecule has 9 nitrogen and oxygen atoms in total. The molecule has 0 radical (unpaired) electrons. The summed E-state index contributed by atoms with van der Waals surface area (Å²) in [5.74, 6) is -1.01. The van der Waals surface area contributed by atoms with E-state index in [2.05, 4.69) is 15.1 Å². The second-order valence-electron chi connectivity index (χ2n) is 8.40. The van der Waals surface area contributed by atoms with E-state index in [1.54, 1.807) is 4.90 Å². The maximum atomic E-state index is 14.1. The normalized spacial score (nSPS) is 13.5. The molecule has 2 heterocycles. The van der Waals surface area contributed by atoms with Gasteiger partial charge < -0.3 is 14.9 Å². The average molecular weight is 488 g/mol. The number of anilines is 1. The Morgan fingerprint density at radius 2 is 1.64 bits per heavy atom. The number of urea groups is 1. The fourth-order valence-corrected chi connectivity index (χ4v) is 4.28. The van der Waals surface area contributed by atoms with Crippen LogP contribution in [0.3, 0.4) is 0 Å². The number of rotatable bonds is 6. The summed E-state index contributed by atoms with van der Waals surface area (Å²) in [6, 6.07) is 2.62. The van der Waals surface area contributed by atoms with E-state index in [9.17, 15) is 22.4 Å². The Hall–Kier alpha value is -1.95. The van der Waals surface area contributed by atoms with Gasteiger partial charge in [-0.25, -0.2) is 12.8 Å². The molecule has 0 atom stereocenters. The van der Waals surface area contributed by atoms with Crippen LogP contribution in [-0.2, 0) is 17.1 Å². The Kier molecular flexibility index (Phi) is 8.72. The number of aryl methyl sites for hydroxylation is 1. The summed E-state index contributed by atoms with van der Waals surface area (Å²) in [4.78, 5) is 26.6. The molecule has 0 bridgehead atoms. The van der Waals surface area contributed by atoms with Gasteiger partial charge in [-0.1, -0.05) is 27.7 Å². The summed E-state index contributed by atoms with van der Waals surface area (Å²) in [6.07, 6.45) is 0.893. The van der Waals surface area contributed by atoms with Crippen molar-refractivity contribution >= 4 is 27.6 Å². The quantitative estimate of drug-likeness (QED) is 0.610. The fraction of sp³-hybridized carbons (Fsp3) is 0.476. The van der Waals surface area contributed by atoms with Crippen molar-refractivity contribution in [3.05, 3.63) is 45.6 Å². The fourth-order valence-electron chi connectivity index (χ4n) is 3.44. The molecule has 33 heavy (non-hydrogen) atoms. The van der Waals surface area contributed by atoms with Crippen molar-refractivity contribution in [1.82, 2.24) is 14.7 Å². The van der Waals surface area contributed by atoms with E-state index >= 15 is 0 Å². The number of carbonyl (C=O) groups is 2. The molecule has 3 amide bonds. The minimum atomic E-state index is -4.47. The van der Waals surface area contributed by atoms with Crippen LogP contribution < -0.4 is 34.9 Å². The molecule has 1 aromatic heterocycles. The first-order valence-electron chi connectivity index (χ1n) is 10.4. The first-order chi connectivity index (χ1) is 14.9. The number of hydrogen-bond acceptors (Lipinski definition) is 5. The largest absolute Gasteiger partial charge is 1.00 e. The van der Waals surface area contributed by atoms with E-state index in [4.69, 9.17) is 0 Å². The molecule has 1 aliphatic rings. The van der Waals surface area contributed by atoms with Crippen LogP contribution >= 0.6 is 0 Å². The summed E-state index contributed by atoms with van der Waals surface area (Å²) in [6.45, 7) is 8.57. The van der Waals surface area contributed by atoms with Crippen molar-refractivity contribution in [1.29, 1.82) is 0 Å². The number of carbonyl (C=O) groups excluding carboxylic acids is 2. The van der Waals surface area contributed by atoms with Gasteiger partial charge in [0.1, 0.15) is 11.5 Å². The number of halogens is 1. The maximum absolute atomic E-state index is 14.1. The molecule has 0 saturated carbocycles. The van der Waals surface area contributed by atoms with Crippen molar-refractivity contribution in [3.63, 3.8) is 0 Å². The van der Waals surface area contributed by atoms with Gasteiger partial charge in [0.2, 0.25) is 10.0 Å². The zero-order chi connectivity index (χ0) is 23.8. The zero-order valence-corrected chi connectivity index (χ0v) is 22.5. The monoisotopic (exact) mass is 487 g/mol. The molecule has 1 N–H and O–H groups in total. The smallest absolute Gasteiger partial charge is 0.423 e. The van der Waals surface area contributed by atoms with Crippen LogP contribution in [0, 0.1) is 5.82 Å². The molecule has 1 aromatic carbocycles. The first-order valence-corrected chi connectivity index (χ1v) is 11.8. The zero-order valence-electron chi connectivity index (χ0n) is 19.7. The number of aromatic nitrogens is 2. The standard InChI is InChI=1S/C21H28FN5O4S.Na/c1-12(2)15-9-14(22)10-16(13(3)4)19(15)23-21(29)25-32(30,31)18-11-17(26(5)24-18)20(28)27-7-6-8-27;/h9-13H,6-8H2,1-5H3,(H2,23,25,29);/q;+1/p-1. The number of nitrogens with zero attached hydrogens (tertiary/aromatic N) is 4. The Balaban J connectivity index is 0.00000385. The molecule has 0 aliphatic carbocycles. The van der Waals surface area contributed by atoms with Gasteiger partial charge in [0.15, 0.2) is 11.1 Å². The molecule has 3 rings (SSSR count). The number of sulfonamides is 1. The minimum Gasteiger partial charge on any atom is -0.423 e. The first kappa shape index (κ1) is 27.3. The van der Waals surface area contributed by atoms with Crippen molar-refractivity contribution < 1.29 is 52.0 Å². The van der Waals surface area contributed by atoms with Crippen LogP contribution in [-0.4, -0.2) is 48.1 Å². The molecule has 174 valence electrons. The number of hydrogen-bond donors (Lipinski definition) is 1. The molecule has 0 unspecified atom stereocenters. The van der Waals surface area contributed by atoms with Crippen molar-refractivity contribution in [2.24, 2.45) is 7.05 Å². The van der Waals surface area contributed by atoms with Gasteiger partial charge in [-0.15, -0.1) is 0 Å². The van der Waals surface area contributed by atoms with Crippen LogP contribution in [0.1, 0.15) is 67.6 Å². The number of nitrogens with one attached hydrogen (secondary N) is 1. The number of likely N-dealkylation sites (tertiary alicyclic amines) is 1. The van der Waals surface area contributed by atoms with Crippen LogP contribution in [0.4, 0.5) is 14.9 Å². The Morgan fingerprint density at radius 1 is 1.09 bits per heavy atom. The van der Waals surface area contributed by atoms with Crippen LogP contribution in [0.2, 0.25) is 0 Å².